The summed E-state index contributed by atoms with van der Waals surface area (Å²) in [6.45, 7) is 5.43. The fourth-order valence-corrected chi connectivity index (χ4v) is 8.79. The molecule has 0 aromatic heterocycles. The molecule has 3 aliphatic rings. The van der Waals surface area contributed by atoms with Crippen LogP contribution in [0.1, 0.15) is 81.9 Å². The van der Waals surface area contributed by atoms with Gasteiger partial charge >= 0.3 is 0 Å². The highest BCUT2D eigenvalue weighted by Crippen LogP contribution is 2.53. The SMILES string of the molecule is CCCCC[N+]1=C(C=CC=C2N(C)c3c(ccc4ccccc34)C2(C)Cc2c(F)cccc2F)C2(CCCCC2)c2ccccc21. The summed E-state index contributed by atoms with van der Waals surface area (Å²) in [6, 6.07) is 25.9. The van der Waals surface area contributed by atoms with Crippen molar-refractivity contribution in [1.29, 1.82) is 0 Å². The lowest BCUT2D eigenvalue weighted by Crippen LogP contribution is -2.36. The molecule has 4 aromatic carbocycles. The summed E-state index contributed by atoms with van der Waals surface area (Å²) in [5, 5.41) is 2.31. The van der Waals surface area contributed by atoms with Gasteiger partial charge in [-0.2, -0.15) is 4.58 Å². The monoisotopic (exact) mass is 615 g/mol. The normalized spacial score (nSPS) is 21.2. The summed E-state index contributed by atoms with van der Waals surface area (Å²) >= 11 is 0. The smallest absolute Gasteiger partial charge is 0.209 e. The lowest BCUT2D eigenvalue weighted by Gasteiger charge is -2.31. The zero-order valence-electron chi connectivity index (χ0n) is 27.5. The van der Waals surface area contributed by atoms with Crippen LogP contribution in [0, 0.1) is 11.6 Å². The second kappa shape index (κ2) is 12.3. The van der Waals surface area contributed by atoms with E-state index in [9.17, 15) is 0 Å². The van der Waals surface area contributed by atoms with Crippen LogP contribution in [0.2, 0.25) is 0 Å². The molecule has 1 saturated carbocycles. The van der Waals surface area contributed by atoms with Crippen molar-refractivity contribution >= 4 is 27.9 Å². The van der Waals surface area contributed by atoms with Crippen molar-refractivity contribution in [1.82, 2.24) is 0 Å². The first kappa shape index (κ1) is 30.6. The molecule has 0 N–H and O–H groups in total. The maximum absolute atomic E-state index is 15.2. The minimum absolute atomic E-state index is 0.0381. The molecule has 0 radical (unpaired) electrons. The first-order valence-electron chi connectivity index (χ1n) is 17.2. The van der Waals surface area contributed by atoms with Crippen molar-refractivity contribution in [2.75, 3.05) is 18.5 Å². The Morgan fingerprint density at radius 1 is 0.826 bits per heavy atom. The third-order valence-corrected chi connectivity index (χ3v) is 11.0. The van der Waals surface area contributed by atoms with Gasteiger partial charge in [-0.25, -0.2) is 8.78 Å². The number of fused-ring (bicyclic) bond motifs is 5. The Bertz CT molecular complexity index is 1860. The Balaban J connectivity index is 1.36. The van der Waals surface area contributed by atoms with E-state index in [1.807, 2.05) is 0 Å². The van der Waals surface area contributed by atoms with Crippen LogP contribution in [-0.4, -0.2) is 23.9 Å². The van der Waals surface area contributed by atoms with Gasteiger partial charge in [-0.05, 0) is 61.8 Å². The molecule has 0 amide bonds. The summed E-state index contributed by atoms with van der Waals surface area (Å²) < 4.78 is 33.0. The number of rotatable bonds is 8. The van der Waals surface area contributed by atoms with E-state index in [0.29, 0.717) is 0 Å². The molecule has 1 fully saturated rings. The lowest BCUT2D eigenvalue weighted by atomic mass is 9.67. The van der Waals surface area contributed by atoms with Crippen LogP contribution < -0.4 is 4.90 Å². The highest BCUT2D eigenvalue weighted by molar-refractivity contribution is 6.04. The van der Waals surface area contributed by atoms with Crippen LogP contribution in [0.4, 0.5) is 20.2 Å². The van der Waals surface area contributed by atoms with Gasteiger partial charge < -0.3 is 4.90 Å². The number of nitrogens with zero attached hydrogens (tertiary/aromatic N) is 2. The van der Waals surface area contributed by atoms with Crippen LogP contribution in [-0.2, 0) is 17.3 Å². The predicted octanol–water partition coefficient (Wildman–Crippen LogP) is 10.7. The van der Waals surface area contributed by atoms with Crippen LogP contribution in [0.25, 0.3) is 10.8 Å². The minimum Gasteiger partial charge on any atom is -0.347 e. The molecule has 1 aliphatic carbocycles. The third-order valence-electron chi connectivity index (χ3n) is 11.0. The quantitative estimate of drug-likeness (QED) is 0.141. The van der Waals surface area contributed by atoms with Crippen molar-refractivity contribution in [3.05, 3.63) is 131 Å². The van der Waals surface area contributed by atoms with E-state index in [1.165, 1.54) is 80.1 Å². The largest absolute Gasteiger partial charge is 0.347 e. The van der Waals surface area contributed by atoms with Crippen LogP contribution in [0.5, 0.6) is 0 Å². The average Bonchev–Trinajstić information content (AvgIpc) is 3.44. The third kappa shape index (κ3) is 4.92. The number of hydrogen-bond donors (Lipinski definition) is 0. The fourth-order valence-electron chi connectivity index (χ4n) is 8.79. The molecule has 4 heteroatoms. The number of halogens is 2. The maximum atomic E-state index is 15.2. The molecule has 0 bridgehead atoms. The van der Waals surface area contributed by atoms with Gasteiger partial charge in [-0.1, -0.05) is 99.3 Å². The summed E-state index contributed by atoms with van der Waals surface area (Å²) in [4.78, 5) is 2.25. The number of likely N-dealkylation sites (N-methyl/N-ethyl adjacent to an activating group) is 1. The molecule has 4 aromatic rings. The van der Waals surface area contributed by atoms with Gasteiger partial charge in [0.25, 0.3) is 0 Å². The highest BCUT2D eigenvalue weighted by Gasteiger charge is 2.51. The van der Waals surface area contributed by atoms with Crippen molar-refractivity contribution in [3.8, 4) is 0 Å². The van der Waals surface area contributed by atoms with Crippen molar-refractivity contribution in [3.63, 3.8) is 0 Å². The van der Waals surface area contributed by atoms with Crippen LogP contribution in [0.3, 0.4) is 0 Å². The van der Waals surface area contributed by atoms with Crippen molar-refractivity contribution in [2.24, 2.45) is 0 Å². The van der Waals surface area contributed by atoms with E-state index in [2.05, 4.69) is 109 Å². The average molecular weight is 616 g/mol. The van der Waals surface area contributed by atoms with Gasteiger partial charge in [0.2, 0.25) is 5.69 Å². The van der Waals surface area contributed by atoms with Gasteiger partial charge in [0.1, 0.15) is 18.2 Å². The fraction of sp³-hybridized carbons (Fsp3) is 0.357. The van der Waals surface area contributed by atoms with E-state index in [-0.39, 0.29) is 17.4 Å². The zero-order chi connectivity index (χ0) is 31.9. The molecule has 2 aliphatic heterocycles. The standard InChI is InChI=1S/C42H45F2N2/c1-4-5-13-28-46-37-21-10-9-18-33(37)42(26-11-6-12-27-42)39(46)23-15-22-38-41(2,29-32-35(43)19-14-20-36(32)44)34-25-24-30-16-7-8-17-31(30)40(34)45(38)3/h7-10,14-25H,4-6,11-13,26-29H2,1-3H3/q+1. The second-order valence-electron chi connectivity index (χ2n) is 13.8. The van der Waals surface area contributed by atoms with Gasteiger partial charge in [-0.3, -0.25) is 0 Å². The lowest BCUT2D eigenvalue weighted by molar-refractivity contribution is -0.438. The van der Waals surface area contributed by atoms with Gasteiger partial charge in [0, 0.05) is 53.2 Å². The predicted molar refractivity (Wildman–Crippen MR) is 188 cm³/mol. The molecule has 2 nitrogen and oxygen atoms in total. The highest BCUT2D eigenvalue weighted by atomic mass is 19.1. The molecule has 2 heterocycles. The number of hydrogen-bond acceptors (Lipinski definition) is 1. The first-order valence-corrected chi connectivity index (χ1v) is 17.2. The molecular weight excluding hydrogens is 570 g/mol. The minimum atomic E-state index is -0.631. The van der Waals surface area contributed by atoms with E-state index >= 15 is 8.78 Å². The Morgan fingerprint density at radius 3 is 2.35 bits per heavy atom. The number of unbranched alkanes of at least 4 members (excludes halogenated alkanes) is 2. The number of anilines is 1. The molecular formula is C42H45F2N2+. The van der Waals surface area contributed by atoms with Crippen molar-refractivity contribution in [2.45, 2.75) is 82.5 Å². The van der Waals surface area contributed by atoms with E-state index < -0.39 is 17.0 Å². The van der Waals surface area contributed by atoms with E-state index in [1.54, 1.807) is 0 Å². The zero-order valence-corrected chi connectivity index (χ0v) is 27.5. The Labute approximate surface area is 272 Å². The Kier molecular flexibility index (Phi) is 8.17. The number of benzene rings is 4. The van der Waals surface area contributed by atoms with E-state index in [4.69, 9.17) is 0 Å². The first-order chi connectivity index (χ1) is 22.4. The summed E-state index contributed by atoms with van der Waals surface area (Å²) in [6.07, 6.45) is 16.7. The summed E-state index contributed by atoms with van der Waals surface area (Å²) in [5.74, 6) is -0.983. The second-order valence-corrected chi connectivity index (χ2v) is 13.8. The summed E-state index contributed by atoms with van der Waals surface area (Å²) in [5.41, 5.74) is 7.06. The Morgan fingerprint density at radius 2 is 1.57 bits per heavy atom. The topological polar surface area (TPSA) is 6.25 Å². The van der Waals surface area contributed by atoms with Crippen LogP contribution in [0.15, 0.2) is 103 Å². The molecule has 46 heavy (non-hydrogen) atoms. The van der Waals surface area contributed by atoms with Crippen LogP contribution >= 0.6 is 0 Å². The van der Waals surface area contributed by atoms with Gasteiger partial charge in [0.05, 0.1) is 11.1 Å². The van der Waals surface area contributed by atoms with E-state index in [0.717, 1.165) is 40.7 Å². The van der Waals surface area contributed by atoms with Crippen molar-refractivity contribution < 1.29 is 13.4 Å². The molecule has 236 valence electrons. The number of para-hydroxylation sites is 1. The molecule has 0 saturated heterocycles. The molecule has 1 spiro atoms. The Hall–Kier alpha value is -4.05. The molecule has 1 unspecified atom stereocenters. The van der Waals surface area contributed by atoms with Gasteiger partial charge in [-0.15, -0.1) is 0 Å². The maximum Gasteiger partial charge on any atom is 0.209 e. The van der Waals surface area contributed by atoms with Gasteiger partial charge in [0.15, 0.2) is 5.71 Å². The molecule has 7 rings (SSSR count). The summed E-state index contributed by atoms with van der Waals surface area (Å²) in [7, 11) is 2.10. The molecule has 1 atom stereocenters. The number of allylic oxidation sites excluding steroid dienone is 4.